The van der Waals surface area contributed by atoms with Gasteiger partial charge in [0.15, 0.2) is 0 Å². The molecule has 136 valence electrons. The zero-order valence-corrected chi connectivity index (χ0v) is 16.5. The molecule has 0 aliphatic rings. The number of pyridine rings is 1. The Kier molecular flexibility index (Phi) is 5.66. The van der Waals surface area contributed by atoms with E-state index in [4.69, 9.17) is 0 Å². The lowest BCUT2D eigenvalue weighted by molar-refractivity contribution is 0.0961. The highest BCUT2D eigenvalue weighted by Gasteiger charge is 2.13. The van der Waals surface area contributed by atoms with Crippen LogP contribution in [0.2, 0.25) is 0 Å². The third kappa shape index (κ3) is 4.41. The quantitative estimate of drug-likeness (QED) is 0.651. The molecule has 2 aromatic carbocycles. The van der Waals surface area contributed by atoms with Crippen molar-refractivity contribution in [1.29, 1.82) is 0 Å². The molecule has 5 nitrogen and oxygen atoms in total. The first-order chi connectivity index (χ1) is 13.0. The number of rotatable bonds is 4. The van der Waals surface area contributed by atoms with E-state index in [1.165, 1.54) is 0 Å². The van der Waals surface area contributed by atoms with Gasteiger partial charge in [-0.3, -0.25) is 14.6 Å². The number of carbonyl (C=O) groups excluding carboxylic acids is 2. The Hall–Kier alpha value is -2.99. The van der Waals surface area contributed by atoms with Crippen LogP contribution in [-0.4, -0.2) is 23.8 Å². The van der Waals surface area contributed by atoms with Gasteiger partial charge in [-0.25, -0.2) is 0 Å². The van der Waals surface area contributed by atoms with E-state index in [9.17, 15) is 9.59 Å². The van der Waals surface area contributed by atoms with Gasteiger partial charge in [0.1, 0.15) is 0 Å². The molecule has 1 aromatic heterocycles. The van der Waals surface area contributed by atoms with Crippen LogP contribution in [0.1, 0.15) is 26.4 Å². The van der Waals surface area contributed by atoms with E-state index in [1.807, 2.05) is 30.3 Å². The molecule has 0 aliphatic carbocycles. The molecule has 2 N–H and O–H groups in total. The van der Waals surface area contributed by atoms with E-state index in [2.05, 4.69) is 31.5 Å². The number of hydrogen-bond acceptors (Lipinski definition) is 3. The van der Waals surface area contributed by atoms with Crippen LogP contribution < -0.4 is 10.6 Å². The number of aryl methyl sites for hydroxylation is 1. The molecule has 0 saturated carbocycles. The van der Waals surface area contributed by atoms with Crippen molar-refractivity contribution in [3.05, 3.63) is 82.0 Å². The standard InChI is InChI=1S/C21H18BrN3O2/c1-13-18(9-10-19(24-13)14-5-3-7-16(22)11-14)21(27)25-17-8-4-6-15(12-17)20(26)23-2/h3-12H,1-2H3,(H,23,26)(H,25,27). The second-order valence-electron chi connectivity index (χ2n) is 5.95. The van der Waals surface area contributed by atoms with Gasteiger partial charge >= 0.3 is 0 Å². The van der Waals surface area contributed by atoms with E-state index in [0.29, 0.717) is 22.5 Å². The van der Waals surface area contributed by atoms with E-state index in [1.54, 1.807) is 44.3 Å². The molecule has 0 unspecified atom stereocenters. The molecule has 0 radical (unpaired) electrons. The summed E-state index contributed by atoms with van der Waals surface area (Å²) in [6.45, 7) is 1.80. The van der Waals surface area contributed by atoms with E-state index in [-0.39, 0.29) is 11.8 Å². The molecule has 2 amide bonds. The lowest BCUT2D eigenvalue weighted by Gasteiger charge is -2.10. The van der Waals surface area contributed by atoms with Gasteiger partial charge in [-0.1, -0.05) is 34.1 Å². The predicted molar refractivity (Wildman–Crippen MR) is 110 cm³/mol. The fourth-order valence-electron chi connectivity index (χ4n) is 2.69. The summed E-state index contributed by atoms with van der Waals surface area (Å²) in [6.07, 6.45) is 0. The Bertz CT molecular complexity index is 1020. The Morgan fingerprint density at radius 2 is 1.74 bits per heavy atom. The average molecular weight is 424 g/mol. The minimum Gasteiger partial charge on any atom is -0.355 e. The normalized spacial score (nSPS) is 10.3. The minimum absolute atomic E-state index is 0.206. The van der Waals surface area contributed by atoms with Crippen molar-refractivity contribution in [3.8, 4) is 11.3 Å². The summed E-state index contributed by atoms with van der Waals surface area (Å²) in [5.41, 5.74) is 3.92. The van der Waals surface area contributed by atoms with Crippen molar-refractivity contribution < 1.29 is 9.59 Å². The van der Waals surface area contributed by atoms with Crippen molar-refractivity contribution in [2.45, 2.75) is 6.92 Å². The summed E-state index contributed by atoms with van der Waals surface area (Å²) < 4.78 is 0.970. The predicted octanol–water partition coefficient (Wildman–Crippen LogP) is 4.43. The number of halogens is 1. The highest BCUT2D eigenvalue weighted by atomic mass is 79.9. The fourth-order valence-corrected chi connectivity index (χ4v) is 3.09. The molecule has 3 aromatic rings. The van der Waals surface area contributed by atoms with Crippen LogP contribution in [0.4, 0.5) is 5.69 Å². The molecule has 0 saturated heterocycles. The highest BCUT2D eigenvalue weighted by Crippen LogP contribution is 2.23. The van der Waals surface area contributed by atoms with E-state index in [0.717, 1.165) is 15.7 Å². The molecule has 0 fully saturated rings. The Labute approximate surface area is 166 Å². The van der Waals surface area contributed by atoms with Crippen LogP contribution in [0.15, 0.2) is 65.1 Å². The average Bonchev–Trinajstić information content (AvgIpc) is 2.67. The van der Waals surface area contributed by atoms with Crippen LogP contribution in [0, 0.1) is 6.92 Å². The number of aromatic nitrogens is 1. The number of benzene rings is 2. The summed E-state index contributed by atoms with van der Waals surface area (Å²) in [5, 5.41) is 5.38. The molecule has 0 bridgehead atoms. The van der Waals surface area contributed by atoms with Crippen LogP contribution in [0.5, 0.6) is 0 Å². The number of anilines is 1. The number of amides is 2. The van der Waals surface area contributed by atoms with Crippen LogP contribution in [-0.2, 0) is 0 Å². The van der Waals surface area contributed by atoms with E-state index < -0.39 is 0 Å². The van der Waals surface area contributed by atoms with Gasteiger partial charge in [0.25, 0.3) is 11.8 Å². The topological polar surface area (TPSA) is 71.1 Å². The molecule has 3 rings (SSSR count). The third-order valence-corrected chi connectivity index (χ3v) is 4.55. The van der Waals surface area contributed by atoms with Gasteiger partial charge < -0.3 is 10.6 Å². The maximum atomic E-state index is 12.6. The summed E-state index contributed by atoms with van der Waals surface area (Å²) in [4.78, 5) is 28.9. The largest absolute Gasteiger partial charge is 0.355 e. The lowest BCUT2D eigenvalue weighted by atomic mass is 10.1. The molecule has 0 atom stereocenters. The number of nitrogens with zero attached hydrogens (tertiary/aromatic N) is 1. The van der Waals surface area contributed by atoms with Gasteiger partial charge in [-0.05, 0) is 49.4 Å². The van der Waals surface area contributed by atoms with Gasteiger partial charge in [-0.15, -0.1) is 0 Å². The molecule has 1 heterocycles. The van der Waals surface area contributed by atoms with Crippen molar-refractivity contribution in [2.75, 3.05) is 12.4 Å². The lowest BCUT2D eigenvalue weighted by Crippen LogP contribution is -2.18. The zero-order valence-electron chi connectivity index (χ0n) is 14.9. The summed E-state index contributed by atoms with van der Waals surface area (Å²) in [5.74, 6) is -0.475. The van der Waals surface area contributed by atoms with Crippen molar-refractivity contribution in [3.63, 3.8) is 0 Å². The zero-order chi connectivity index (χ0) is 19.4. The molecule has 6 heteroatoms. The van der Waals surface area contributed by atoms with Crippen LogP contribution >= 0.6 is 15.9 Å². The highest BCUT2D eigenvalue weighted by molar-refractivity contribution is 9.10. The summed E-state index contributed by atoms with van der Waals surface area (Å²) >= 11 is 3.45. The first-order valence-electron chi connectivity index (χ1n) is 8.35. The Balaban J connectivity index is 1.82. The molecular formula is C21H18BrN3O2. The summed E-state index contributed by atoms with van der Waals surface area (Å²) in [7, 11) is 1.56. The van der Waals surface area contributed by atoms with Crippen molar-refractivity contribution in [2.24, 2.45) is 0 Å². The van der Waals surface area contributed by atoms with Crippen LogP contribution in [0.3, 0.4) is 0 Å². The van der Waals surface area contributed by atoms with Gasteiger partial charge in [0.05, 0.1) is 17.0 Å². The number of carbonyl (C=O) groups is 2. The second kappa shape index (κ2) is 8.14. The number of nitrogens with one attached hydrogen (secondary N) is 2. The smallest absolute Gasteiger partial charge is 0.257 e. The van der Waals surface area contributed by atoms with Gasteiger partial charge in [0.2, 0.25) is 0 Å². The summed E-state index contributed by atoms with van der Waals surface area (Å²) in [6, 6.07) is 18.2. The second-order valence-corrected chi connectivity index (χ2v) is 6.87. The minimum atomic E-state index is -0.269. The fraction of sp³-hybridized carbons (Fsp3) is 0.0952. The third-order valence-electron chi connectivity index (χ3n) is 4.06. The molecular weight excluding hydrogens is 406 g/mol. The Morgan fingerprint density at radius 3 is 2.44 bits per heavy atom. The number of hydrogen-bond donors (Lipinski definition) is 2. The monoisotopic (exact) mass is 423 g/mol. The first kappa shape index (κ1) is 18.8. The molecule has 27 heavy (non-hydrogen) atoms. The molecule has 0 aliphatic heterocycles. The first-order valence-corrected chi connectivity index (χ1v) is 9.14. The SMILES string of the molecule is CNC(=O)c1cccc(NC(=O)c2ccc(-c3cccc(Br)c3)nc2C)c1. The van der Waals surface area contributed by atoms with Gasteiger partial charge in [-0.2, -0.15) is 0 Å². The maximum absolute atomic E-state index is 12.6. The van der Waals surface area contributed by atoms with Crippen molar-refractivity contribution >= 4 is 33.4 Å². The maximum Gasteiger partial charge on any atom is 0.257 e. The van der Waals surface area contributed by atoms with Crippen molar-refractivity contribution in [1.82, 2.24) is 10.3 Å². The van der Waals surface area contributed by atoms with E-state index >= 15 is 0 Å². The van der Waals surface area contributed by atoms with Crippen LogP contribution in [0.25, 0.3) is 11.3 Å². The van der Waals surface area contributed by atoms with Gasteiger partial charge in [0, 0.05) is 28.3 Å². The Morgan fingerprint density at radius 1 is 0.963 bits per heavy atom. The molecule has 0 spiro atoms.